The third-order valence-corrected chi connectivity index (χ3v) is 2.54. The molecule has 0 saturated carbocycles. The second-order valence-corrected chi connectivity index (χ2v) is 4.01. The first kappa shape index (κ1) is 13.2. The van der Waals surface area contributed by atoms with Crippen LogP contribution in [0.4, 0.5) is 14.6 Å². The van der Waals surface area contributed by atoms with Crippen LogP contribution in [-0.4, -0.2) is 24.5 Å². The fourth-order valence-corrected chi connectivity index (χ4v) is 1.60. The molecule has 0 atom stereocenters. The fraction of sp³-hybridized carbons (Fsp3) is 0.545. The number of alkyl halides is 1. The van der Waals surface area contributed by atoms with Crippen molar-refractivity contribution in [1.29, 1.82) is 0 Å². The van der Waals surface area contributed by atoms with Crippen molar-refractivity contribution in [2.75, 3.05) is 24.4 Å². The highest BCUT2D eigenvalue weighted by atomic mass is 35.5. The van der Waals surface area contributed by atoms with E-state index in [-0.39, 0.29) is 5.82 Å². The third-order valence-electron chi connectivity index (χ3n) is 2.28. The molecule has 0 aliphatic heterocycles. The van der Waals surface area contributed by atoms with Crippen molar-refractivity contribution in [2.24, 2.45) is 0 Å². The van der Waals surface area contributed by atoms with Gasteiger partial charge in [-0.25, -0.2) is 13.8 Å². The van der Waals surface area contributed by atoms with E-state index >= 15 is 0 Å². The average Bonchev–Trinajstić information content (AvgIpc) is 2.24. The Morgan fingerprint density at radius 2 is 2.06 bits per heavy atom. The Kier molecular flexibility index (Phi) is 5.46. The summed E-state index contributed by atoms with van der Waals surface area (Å²) in [6, 6.07) is 0.845. The summed E-state index contributed by atoms with van der Waals surface area (Å²) in [6.07, 6.45) is 3.89. The molecule has 1 aromatic rings. The normalized spacial score (nSPS) is 10.5. The number of hydrogen-bond donors (Lipinski definition) is 0. The lowest BCUT2D eigenvalue weighted by molar-refractivity contribution is 0.568. The lowest BCUT2D eigenvalue weighted by Crippen LogP contribution is -2.21. The van der Waals surface area contributed by atoms with Gasteiger partial charge < -0.3 is 4.90 Å². The standard InChI is InChI=1S/C11H15ClF2N2/c1-16(6-4-2-3-5-12)11-10(14)7-9(13)8-15-11/h7-8H,2-6H2,1H3. The van der Waals surface area contributed by atoms with Gasteiger partial charge in [0, 0.05) is 25.5 Å². The number of unbranched alkanes of at least 4 members (excludes halogenated alkanes) is 2. The summed E-state index contributed by atoms with van der Waals surface area (Å²) in [5.41, 5.74) is 0. The number of anilines is 1. The highest BCUT2D eigenvalue weighted by Crippen LogP contribution is 2.15. The first-order valence-corrected chi connectivity index (χ1v) is 5.76. The molecule has 0 aliphatic rings. The van der Waals surface area contributed by atoms with Gasteiger partial charge in [-0.2, -0.15) is 0 Å². The summed E-state index contributed by atoms with van der Waals surface area (Å²) in [7, 11) is 1.74. The van der Waals surface area contributed by atoms with E-state index in [4.69, 9.17) is 11.6 Å². The Morgan fingerprint density at radius 1 is 1.31 bits per heavy atom. The molecule has 0 radical (unpaired) electrons. The number of pyridine rings is 1. The van der Waals surface area contributed by atoms with Crippen LogP contribution in [0.15, 0.2) is 12.3 Å². The maximum absolute atomic E-state index is 13.3. The van der Waals surface area contributed by atoms with Crippen LogP contribution in [0.1, 0.15) is 19.3 Å². The van der Waals surface area contributed by atoms with Gasteiger partial charge in [0.25, 0.3) is 0 Å². The Labute approximate surface area is 99.2 Å². The minimum absolute atomic E-state index is 0.187. The van der Waals surface area contributed by atoms with Crippen LogP contribution in [0.25, 0.3) is 0 Å². The van der Waals surface area contributed by atoms with Crippen molar-refractivity contribution in [3.05, 3.63) is 23.9 Å². The van der Waals surface area contributed by atoms with Crippen molar-refractivity contribution in [1.82, 2.24) is 4.98 Å². The van der Waals surface area contributed by atoms with Gasteiger partial charge in [0.05, 0.1) is 6.20 Å². The van der Waals surface area contributed by atoms with Crippen molar-refractivity contribution in [3.63, 3.8) is 0 Å². The summed E-state index contributed by atoms with van der Waals surface area (Å²) in [5.74, 6) is -0.448. The maximum atomic E-state index is 13.3. The van der Waals surface area contributed by atoms with Crippen molar-refractivity contribution in [2.45, 2.75) is 19.3 Å². The molecule has 2 nitrogen and oxygen atoms in total. The highest BCUT2D eigenvalue weighted by Gasteiger charge is 2.09. The lowest BCUT2D eigenvalue weighted by atomic mass is 10.2. The lowest BCUT2D eigenvalue weighted by Gasteiger charge is -2.18. The molecular weight excluding hydrogens is 234 g/mol. The molecule has 90 valence electrons. The highest BCUT2D eigenvalue weighted by molar-refractivity contribution is 6.17. The number of halogens is 3. The van der Waals surface area contributed by atoms with Gasteiger partial charge in [0.1, 0.15) is 5.82 Å². The van der Waals surface area contributed by atoms with E-state index in [9.17, 15) is 8.78 Å². The summed E-state index contributed by atoms with van der Waals surface area (Å²) >= 11 is 5.55. The minimum Gasteiger partial charge on any atom is -0.357 e. The number of rotatable bonds is 6. The zero-order chi connectivity index (χ0) is 12.0. The summed E-state index contributed by atoms with van der Waals surface area (Å²) < 4.78 is 25.9. The van der Waals surface area contributed by atoms with E-state index in [1.165, 1.54) is 0 Å². The van der Waals surface area contributed by atoms with Gasteiger partial charge in [-0.1, -0.05) is 6.42 Å². The van der Waals surface area contributed by atoms with Crippen LogP contribution in [0, 0.1) is 11.6 Å². The number of aromatic nitrogens is 1. The predicted molar refractivity (Wildman–Crippen MR) is 62.0 cm³/mol. The van der Waals surface area contributed by atoms with Gasteiger partial charge in [-0.15, -0.1) is 11.6 Å². The van der Waals surface area contributed by atoms with Crippen molar-refractivity contribution >= 4 is 17.4 Å². The van der Waals surface area contributed by atoms with Crippen LogP contribution in [0.3, 0.4) is 0 Å². The van der Waals surface area contributed by atoms with E-state index in [2.05, 4.69) is 4.98 Å². The summed E-state index contributed by atoms with van der Waals surface area (Å²) in [4.78, 5) is 5.41. The van der Waals surface area contributed by atoms with Crippen LogP contribution in [-0.2, 0) is 0 Å². The SMILES string of the molecule is CN(CCCCCCl)c1ncc(F)cc1F. The molecule has 0 bridgehead atoms. The Balaban J connectivity index is 2.49. The zero-order valence-electron chi connectivity index (χ0n) is 9.22. The van der Waals surface area contributed by atoms with Gasteiger partial charge in [0.2, 0.25) is 0 Å². The van der Waals surface area contributed by atoms with Crippen LogP contribution in [0.5, 0.6) is 0 Å². The van der Waals surface area contributed by atoms with E-state index in [0.29, 0.717) is 12.4 Å². The van der Waals surface area contributed by atoms with Gasteiger partial charge in [-0.3, -0.25) is 0 Å². The van der Waals surface area contributed by atoms with Crippen LogP contribution >= 0.6 is 11.6 Å². The van der Waals surface area contributed by atoms with E-state index in [1.54, 1.807) is 11.9 Å². The van der Waals surface area contributed by atoms with Crippen molar-refractivity contribution in [3.8, 4) is 0 Å². The molecule has 0 saturated heterocycles. The molecule has 5 heteroatoms. The van der Waals surface area contributed by atoms with E-state index in [1.807, 2.05) is 0 Å². The number of hydrogen-bond acceptors (Lipinski definition) is 2. The van der Waals surface area contributed by atoms with Crippen molar-refractivity contribution < 1.29 is 8.78 Å². The largest absolute Gasteiger partial charge is 0.357 e. The molecular formula is C11H15ClF2N2. The second kappa shape index (κ2) is 6.63. The first-order valence-electron chi connectivity index (χ1n) is 5.23. The first-order chi connectivity index (χ1) is 7.65. The topological polar surface area (TPSA) is 16.1 Å². The predicted octanol–water partition coefficient (Wildman–Crippen LogP) is 3.21. The third kappa shape index (κ3) is 3.93. The van der Waals surface area contributed by atoms with Gasteiger partial charge in [0.15, 0.2) is 11.6 Å². The Morgan fingerprint density at radius 3 is 2.69 bits per heavy atom. The fourth-order valence-electron chi connectivity index (χ4n) is 1.41. The quantitative estimate of drug-likeness (QED) is 0.568. The van der Waals surface area contributed by atoms with E-state index < -0.39 is 11.6 Å². The second-order valence-electron chi connectivity index (χ2n) is 3.63. The molecule has 0 amide bonds. The zero-order valence-corrected chi connectivity index (χ0v) is 9.97. The van der Waals surface area contributed by atoms with Gasteiger partial charge >= 0.3 is 0 Å². The maximum Gasteiger partial charge on any atom is 0.168 e. The Hall–Kier alpha value is -0.900. The molecule has 1 heterocycles. The molecule has 0 aliphatic carbocycles. The molecule has 1 aromatic heterocycles. The average molecular weight is 249 g/mol. The van der Waals surface area contributed by atoms with Crippen LogP contribution < -0.4 is 4.90 Å². The van der Waals surface area contributed by atoms with Crippen LogP contribution in [0.2, 0.25) is 0 Å². The molecule has 0 N–H and O–H groups in total. The Bertz CT molecular complexity index is 334. The molecule has 0 fully saturated rings. The minimum atomic E-state index is -0.656. The smallest absolute Gasteiger partial charge is 0.168 e. The van der Waals surface area contributed by atoms with E-state index in [0.717, 1.165) is 31.5 Å². The molecule has 1 rings (SSSR count). The van der Waals surface area contributed by atoms with Gasteiger partial charge in [-0.05, 0) is 12.8 Å². The number of nitrogens with zero attached hydrogens (tertiary/aromatic N) is 2. The summed E-state index contributed by atoms with van der Waals surface area (Å²) in [6.45, 7) is 0.687. The molecule has 0 unspecified atom stereocenters. The summed E-state index contributed by atoms with van der Waals surface area (Å²) in [5, 5.41) is 0. The molecule has 0 aromatic carbocycles. The molecule has 0 spiro atoms. The molecule has 16 heavy (non-hydrogen) atoms. The monoisotopic (exact) mass is 248 g/mol.